The molecule has 0 radical (unpaired) electrons. The van der Waals surface area contributed by atoms with E-state index in [1.54, 1.807) is 31.3 Å². The Labute approximate surface area is 198 Å². The molecule has 2 aromatic rings. The third-order valence-electron chi connectivity index (χ3n) is 4.83. The average molecular weight is 475 g/mol. The lowest BCUT2D eigenvalue weighted by molar-refractivity contribution is -0.122. The second-order valence-corrected chi connectivity index (χ2v) is 8.58. The van der Waals surface area contributed by atoms with Crippen molar-refractivity contribution in [3.05, 3.63) is 58.0 Å². The molecule has 1 saturated heterocycles. The number of thioether (sulfide) groups is 1. The quantitative estimate of drug-likeness (QED) is 0.431. The molecule has 1 heterocycles. The van der Waals surface area contributed by atoms with Crippen LogP contribution in [0.5, 0.6) is 11.5 Å². The third-order valence-corrected chi connectivity index (χ3v) is 6.12. The second-order valence-electron chi connectivity index (χ2n) is 7.16. The van der Waals surface area contributed by atoms with Gasteiger partial charge >= 0.3 is 0 Å². The predicted octanol–water partition coefficient (Wildman–Crippen LogP) is 5.78. The molecule has 1 aliphatic rings. The number of amides is 1. The highest BCUT2D eigenvalue weighted by atomic mass is 35.5. The largest absolute Gasteiger partial charge is 0.493 e. The number of hydrogen-bond acceptors (Lipinski definition) is 6. The van der Waals surface area contributed by atoms with Crippen molar-refractivity contribution in [2.75, 3.05) is 27.4 Å². The number of ether oxygens (including phenoxy) is 3. The number of aliphatic imine (C=N–C) groups is 1. The van der Waals surface area contributed by atoms with Crippen LogP contribution >= 0.6 is 23.4 Å². The molecule has 1 atom stereocenters. The van der Waals surface area contributed by atoms with E-state index in [0.29, 0.717) is 39.7 Å². The van der Waals surface area contributed by atoms with Crippen molar-refractivity contribution in [2.24, 2.45) is 4.99 Å². The number of methoxy groups -OCH3 is 2. The monoisotopic (exact) mass is 474 g/mol. The summed E-state index contributed by atoms with van der Waals surface area (Å²) in [4.78, 5) is 20.0. The molecule has 32 heavy (non-hydrogen) atoms. The fourth-order valence-corrected chi connectivity index (χ4v) is 4.25. The minimum Gasteiger partial charge on any atom is -0.493 e. The summed E-state index contributed by atoms with van der Waals surface area (Å²) in [6, 6.07) is 13.1. The van der Waals surface area contributed by atoms with Gasteiger partial charge in [0.15, 0.2) is 16.7 Å². The van der Waals surface area contributed by atoms with Crippen LogP contribution in [0.1, 0.15) is 25.8 Å². The van der Waals surface area contributed by atoms with Crippen molar-refractivity contribution in [1.82, 2.24) is 4.90 Å². The number of rotatable bonds is 9. The molecule has 0 spiro atoms. The fraction of sp³-hybridized carbons (Fsp3) is 0.333. The van der Waals surface area contributed by atoms with Crippen LogP contribution in [-0.4, -0.2) is 49.4 Å². The topological polar surface area (TPSA) is 60.4 Å². The van der Waals surface area contributed by atoms with Gasteiger partial charge < -0.3 is 14.2 Å². The maximum Gasteiger partial charge on any atom is 0.266 e. The summed E-state index contributed by atoms with van der Waals surface area (Å²) >= 11 is 7.81. The van der Waals surface area contributed by atoms with Crippen LogP contribution in [0, 0.1) is 0 Å². The summed E-state index contributed by atoms with van der Waals surface area (Å²) in [5.41, 5.74) is 1.52. The number of hydrogen-bond donors (Lipinski definition) is 0. The van der Waals surface area contributed by atoms with E-state index in [4.69, 9.17) is 25.8 Å². The number of halogens is 1. The highest BCUT2D eigenvalue weighted by Crippen LogP contribution is 2.40. The highest BCUT2D eigenvalue weighted by molar-refractivity contribution is 8.18. The van der Waals surface area contributed by atoms with Crippen molar-refractivity contribution in [3.63, 3.8) is 0 Å². The van der Waals surface area contributed by atoms with E-state index < -0.39 is 0 Å². The zero-order valence-corrected chi connectivity index (χ0v) is 20.2. The van der Waals surface area contributed by atoms with Crippen LogP contribution in [0.4, 0.5) is 5.69 Å². The summed E-state index contributed by atoms with van der Waals surface area (Å²) in [6.07, 6.45) is 2.64. The number of carbonyl (C=O) groups is 1. The van der Waals surface area contributed by atoms with E-state index in [-0.39, 0.29) is 12.0 Å². The van der Waals surface area contributed by atoms with E-state index in [0.717, 1.165) is 17.7 Å². The molecule has 0 unspecified atom stereocenters. The van der Waals surface area contributed by atoms with Crippen molar-refractivity contribution >= 4 is 46.2 Å². The zero-order chi connectivity index (χ0) is 23.1. The van der Waals surface area contributed by atoms with Crippen LogP contribution in [0.3, 0.4) is 0 Å². The van der Waals surface area contributed by atoms with E-state index >= 15 is 0 Å². The predicted molar refractivity (Wildman–Crippen MR) is 131 cm³/mol. The molecule has 2 aromatic carbocycles. The number of benzene rings is 2. The molecule has 0 saturated carbocycles. The van der Waals surface area contributed by atoms with Crippen LogP contribution < -0.4 is 9.47 Å². The Bertz CT molecular complexity index is 1010. The first-order chi connectivity index (χ1) is 15.5. The lowest BCUT2D eigenvalue weighted by Gasteiger charge is -2.17. The molecule has 8 heteroatoms. The van der Waals surface area contributed by atoms with E-state index in [2.05, 4.69) is 4.99 Å². The Morgan fingerprint density at radius 3 is 2.62 bits per heavy atom. The Morgan fingerprint density at radius 2 is 1.97 bits per heavy atom. The molecule has 3 rings (SSSR count). The number of nitrogens with zero attached hydrogens (tertiary/aromatic N) is 2. The van der Waals surface area contributed by atoms with Gasteiger partial charge in [0.05, 0.1) is 42.0 Å². The Hall–Kier alpha value is -2.48. The molecular formula is C24H27ClN2O4S. The highest BCUT2D eigenvalue weighted by Gasteiger charge is 2.33. The summed E-state index contributed by atoms with van der Waals surface area (Å²) in [7, 11) is 3.17. The molecule has 6 nitrogen and oxygen atoms in total. The second kappa shape index (κ2) is 11.4. The minimum atomic E-state index is -0.128. The molecule has 1 fully saturated rings. The molecule has 1 amide bonds. The molecule has 0 aromatic heterocycles. The summed E-state index contributed by atoms with van der Waals surface area (Å²) in [5, 5.41) is 1.04. The smallest absolute Gasteiger partial charge is 0.266 e. The normalized spacial score (nSPS) is 17.3. The number of carbonyl (C=O) groups excluding carboxylic acids is 1. The van der Waals surface area contributed by atoms with Gasteiger partial charge in [-0.3, -0.25) is 9.69 Å². The minimum absolute atomic E-state index is 0.00340. The van der Waals surface area contributed by atoms with Crippen molar-refractivity contribution < 1.29 is 19.0 Å². The first kappa shape index (κ1) is 24.2. The van der Waals surface area contributed by atoms with Crippen molar-refractivity contribution in [1.29, 1.82) is 0 Å². The number of para-hydroxylation sites is 1. The van der Waals surface area contributed by atoms with Gasteiger partial charge in [0.25, 0.3) is 5.91 Å². The van der Waals surface area contributed by atoms with E-state index in [1.165, 1.54) is 11.8 Å². The SMILES string of the molecule is CC[C@@H](C)Oc1c(Cl)cc(/C=C2\SC(=Nc3ccccc3)N(CCOC)C2=O)cc1OC. The molecule has 0 bridgehead atoms. The maximum absolute atomic E-state index is 13.1. The first-order valence-electron chi connectivity index (χ1n) is 10.3. The van der Waals surface area contributed by atoms with Gasteiger partial charge in [-0.15, -0.1) is 0 Å². The van der Waals surface area contributed by atoms with Gasteiger partial charge in [-0.25, -0.2) is 4.99 Å². The zero-order valence-electron chi connectivity index (χ0n) is 18.6. The van der Waals surface area contributed by atoms with E-state index in [1.807, 2.05) is 50.2 Å². The third kappa shape index (κ3) is 5.85. The van der Waals surface area contributed by atoms with Gasteiger partial charge in [-0.1, -0.05) is 36.7 Å². The standard InChI is InChI=1S/C24H27ClN2O4S/c1-5-16(2)31-22-19(25)13-17(14-20(22)30-4)15-21-23(28)27(11-12-29-3)24(32-21)26-18-9-7-6-8-10-18/h6-10,13-16H,5,11-12H2,1-4H3/b21-15-,26-24?/t16-/m1/s1. The maximum atomic E-state index is 13.1. The molecule has 0 aliphatic carbocycles. The van der Waals surface area contributed by atoms with E-state index in [9.17, 15) is 4.79 Å². The average Bonchev–Trinajstić information content (AvgIpc) is 3.08. The van der Waals surface area contributed by atoms with Crippen molar-refractivity contribution in [2.45, 2.75) is 26.4 Å². The lowest BCUT2D eigenvalue weighted by atomic mass is 10.1. The van der Waals surface area contributed by atoms with Crippen LogP contribution in [0.25, 0.3) is 6.08 Å². The Morgan fingerprint density at radius 1 is 1.22 bits per heavy atom. The van der Waals surface area contributed by atoms with Crippen LogP contribution in [0.15, 0.2) is 52.4 Å². The number of amidine groups is 1. The summed E-state index contributed by atoms with van der Waals surface area (Å²) in [5.74, 6) is 0.899. The summed E-state index contributed by atoms with van der Waals surface area (Å²) < 4.78 is 16.6. The van der Waals surface area contributed by atoms with Gasteiger partial charge in [0, 0.05) is 7.11 Å². The van der Waals surface area contributed by atoms with Gasteiger partial charge in [0.2, 0.25) is 0 Å². The van der Waals surface area contributed by atoms with Gasteiger partial charge in [0.1, 0.15) is 0 Å². The summed E-state index contributed by atoms with van der Waals surface area (Å²) in [6.45, 7) is 4.84. The van der Waals surface area contributed by atoms with Gasteiger partial charge in [-0.05, 0) is 61.0 Å². The van der Waals surface area contributed by atoms with Crippen LogP contribution in [-0.2, 0) is 9.53 Å². The first-order valence-corrected chi connectivity index (χ1v) is 11.5. The van der Waals surface area contributed by atoms with Crippen LogP contribution in [0.2, 0.25) is 5.02 Å². The molecule has 0 N–H and O–H groups in total. The Balaban J connectivity index is 1.94. The molecule has 170 valence electrons. The molecular weight excluding hydrogens is 448 g/mol. The Kier molecular flexibility index (Phi) is 8.61. The fourth-order valence-electron chi connectivity index (χ4n) is 2.96. The van der Waals surface area contributed by atoms with Gasteiger partial charge in [-0.2, -0.15) is 0 Å². The van der Waals surface area contributed by atoms with Crippen molar-refractivity contribution in [3.8, 4) is 11.5 Å². The lowest BCUT2D eigenvalue weighted by Crippen LogP contribution is -2.32. The molecule has 1 aliphatic heterocycles.